The van der Waals surface area contributed by atoms with Gasteiger partial charge in [0.15, 0.2) is 0 Å². The molecular formula is C10H8FN5O2. The molecule has 0 aliphatic heterocycles. The van der Waals surface area contributed by atoms with Gasteiger partial charge in [0.2, 0.25) is 5.82 Å². The van der Waals surface area contributed by atoms with E-state index in [2.05, 4.69) is 15.6 Å². The Morgan fingerprint density at radius 2 is 2.00 bits per heavy atom. The first kappa shape index (κ1) is 11.7. The molecule has 0 aliphatic carbocycles. The minimum Gasteiger partial charge on any atom is -0.270 e. The van der Waals surface area contributed by atoms with Crippen LogP contribution in [-0.2, 0) is 0 Å². The number of rotatable bonds is 3. The molecule has 0 amide bonds. The van der Waals surface area contributed by atoms with Gasteiger partial charge >= 0.3 is 5.69 Å². The molecule has 0 unspecified atom stereocenters. The minimum atomic E-state index is -0.701. The summed E-state index contributed by atoms with van der Waals surface area (Å²) in [7, 11) is 0. The lowest BCUT2D eigenvalue weighted by Gasteiger charge is -1.96. The van der Waals surface area contributed by atoms with Crippen molar-refractivity contribution < 1.29 is 4.39 Å². The molecule has 0 saturated heterocycles. The van der Waals surface area contributed by atoms with Crippen LogP contribution in [-0.4, -0.2) is 21.4 Å². The van der Waals surface area contributed by atoms with Crippen LogP contribution in [0.15, 0.2) is 39.0 Å². The van der Waals surface area contributed by atoms with Gasteiger partial charge in [-0.2, -0.15) is 5.10 Å². The first-order valence-corrected chi connectivity index (χ1v) is 4.89. The molecule has 1 aromatic carbocycles. The molecule has 0 bridgehead atoms. The highest BCUT2D eigenvalue weighted by atomic mass is 19.1. The van der Waals surface area contributed by atoms with Gasteiger partial charge in [0.05, 0.1) is 6.21 Å². The average molecular weight is 249 g/mol. The zero-order valence-electron chi connectivity index (χ0n) is 8.98. The van der Waals surface area contributed by atoms with Gasteiger partial charge < -0.3 is 0 Å². The lowest BCUT2D eigenvalue weighted by atomic mass is 10.2. The van der Waals surface area contributed by atoms with Crippen LogP contribution in [0.5, 0.6) is 0 Å². The Hall–Kier alpha value is -2.77. The van der Waals surface area contributed by atoms with Crippen molar-refractivity contribution in [1.82, 2.24) is 15.2 Å². The van der Waals surface area contributed by atoms with Crippen molar-refractivity contribution in [3.8, 4) is 0 Å². The number of nitrogens with one attached hydrogen (secondary N) is 3. The number of H-pyrrole nitrogens is 2. The van der Waals surface area contributed by atoms with Crippen LogP contribution < -0.4 is 16.7 Å². The average Bonchev–Trinajstić information content (AvgIpc) is 2.34. The third kappa shape index (κ3) is 2.88. The second kappa shape index (κ2) is 5.04. The lowest BCUT2D eigenvalue weighted by molar-refractivity contribution is 0.628. The summed E-state index contributed by atoms with van der Waals surface area (Å²) in [4.78, 5) is 23.9. The minimum absolute atomic E-state index is 0.145. The van der Waals surface area contributed by atoms with Crippen LogP contribution in [0.25, 0.3) is 0 Å². The number of hydrogen-bond donors (Lipinski definition) is 3. The smallest absolute Gasteiger partial charge is 0.270 e. The molecule has 1 heterocycles. The molecule has 0 fully saturated rings. The van der Waals surface area contributed by atoms with E-state index < -0.39 is 11.2 Å². The quantitative estimate of drug-likeness (QED) is 0.528. The van der Waals surface area contributed by atoms with Crippen LogP contribution in [0, 0.1) is 5.82 Å². The second-order valence-electron chi connectivity index (χ2n) is 3.28. The molecule has 7 nitrogen and oxygen atoms in total. The molecule has 2 rings (SSSR count). The highest BCUT2D eigenvalue weighted by molar-refractivity contribution is 5.79. The van der Waals surface area contributed by atoms with E-state index in [4.69, 9.17) is 0 Å². The summed E-state index contributed by atoms with van der Waals surface area (Å²) < 4.78 is 12.6. The molecule has 0 radical (unpaired) electrons. The summed E-state index contributed by atoms with van der Waals surface area (Å²) in [6.45, 7) is 0. The third-order valence-corrected chi connectivity index (χ3v) is 1.97. The Balaban J connectivity index is 2.09. The summed E-state index contributed by atoms with van der Waals surface area (Å²) in [5.41, 5.74) is 1.61. The van der Waals surface area contributed by atoms with E-state index in [1.54, 1.807) is 0 Å². The number of anilines is 1. The summed E-state index contributed by atoms with van der Waals surface area (Å²) in [6, 6.07) is 5.61. The first-order valence-electron chi connectivity index (χ1n) is 4.89. The SMILES string of the molecule is O=c1[nH]nc(N/N=C\c2ccc(F)cc2)c(=O)[nH]1. The normalized spacial score (nSPS) is 10.7. The maximum absolute atomic E-state index is 12.6. The number of halogens is 1. The predicted molar refractivity (Wildman–Crippen MR) is 63.1 cm³/mol. The van der Waals surface area contributed by atoms with E-state index in [9.17, 15) is 14.0 Å². The second-order valence-corrected chi connectivity index (χ2v) is 3.28. The van der Waals surface area contributed by atoms with Gasteiger partial charge in [0.25, 0.3) is 5.56 Å². The van der Waals surface area contributed by atoms with Crippen molar-refractivity contribution in [2.75, 3.05) is 5.43 Å². The molecule has 3 N–H and O–H groups in total. The van der Waals surface area contributed by atoms with Gasteiger partial charge in [0, 0.05) is 0 Å². The standard InChI is InChI=1S/C10H8FN5O2/c11-7-3-1-6(2-4-7)5-12-14-8-9(17)13-10(18)16-15-8/h1-5H,(H,14,15)(H2,13,16,17,18)/b12-5-. The van der Waals surface area contributed by atoms with Gasteiger partial charge in [0.1, 0.15) is 5.82 Å². The Bertz CT molecular complexity index is 674. The Kier molecular flexibility index (Phi) is 3.28. The molecule has 0 saturated carbocycles. The van der Waals surface area contributed by atoms with Crippen molar-refractivity contribution in [2.24, 2.45) is 5.10 Å². The lowest BCUT2D eigenvalue weighted by Crippen LogP contribution is -2.25. The summed E-state index contributed by atoms with van der Waals surface area (Å²) >= 11 is 0. The molecule has 0 spiro atoms. The zero-order chi connectivity index (χ0) is 13.0. The third-order valence-electron chi connectivity index (χ3n) is 1.97. The molecule has 1 aromatic heterocycles. The summed E-state index contributed by atoms with van der Waals surface area (Å²) in [6.07, 6.45) is 1.38. The van der Waals surface area contributed by atoms with Crippen molar-refractivity contribution in [3.05, 3.63) is 56.5 Å². The van der Waals surface area contributed by atoms with Crippen molar-refractivity contribution in [2.45, 2.75) is 0 Å². The van der Waals surface area contributed by atoms with E-state index >= 15 is 0 Å². The van der Waals surface area contributed by atoms with Crippen LogP contribution in [0.4, 0.5) is 10.2 Å². The van der Waals surface area contributed by atoms with Crippen molar-refractivity contribution in [3.63, 3.8) is 0 Å². The number of aromatic amines is 2. The molecule has 0 aliphatic rings. The van der Waals surface area contributed by atoms with Gasteiger partial charge in [-0.25, -0.2) is 14.3 Å². The summed E-state index contributed by atoms with van der Waals surface area (Å²) in [5, 5.41) is 9.24. The molecule has 92 valence electrons. The highest BCUT2D eigenvalue weighted by Gasteiger charge is 1.98. The molecule has 0 atom stereocenters. The maximum atomic E-state index is 12.6. The monoisotopic (exact) mass is 249 g/mol. The topological polar surface area (TPSA) is 103 Å². The number of aromatic nitrogens is 3. The van der Waals surface area contributed by atoms with E-state index in [0.717, 1.165) is 0 Å². The number of nitrogens with zero attached hydrogens (tertiary/aromatic N) is 2. The molecule has 2 aromatic rings. The van der Waals surface area contributed by atoms with Gasteiger partial charge in [-0.15, -0.1) is 5.10 Å². The van der Waals surface area contributed by atoms with Crippen LogP contribution >= 0.6 is 0 Å². The van der Waals surface area contributed by atoms with Gasteiger partial charge in [-0.3, -0.25) is 15.2 Å². The van der Waals surface area contributed by atoms with Crippen molar-refractivity contribution >= 4 is 12.0 Å². The highest BCUT2D eigenvalue weighted by Crippen LogP contribution is 1.99. The van der Waals surface area contributed by atoms with Gasteiger partial charge in [-0.1, -0.05) is 12.1 Å². The fraction of sp³-hybridized carbons (Fsp3) is 0. The van der Waals surface area contributed by atoms with Crippen molar-refractivity contribution in [1.29, 1.82) is 0 Å². The van der Waals surface area contributed by atoms with E-state index in [1.807, 2.05) is 10.1 Å². The zero-order valence-corrected chi connectivity index (χ0v) is 8.98. The Labute approximate surface area is 99.4 Å². The Morgan fingerprint density at radius 1 is 1.28 bits per heavy atom. The van der Waals surface area contributed by atoms with Crippen LogP contribution in [0.3, 0.4) is 0 Å². The molecule has 18 heavy (non-hydrogen) atoms. The van der Waals surface area contributed by atoms with Crippen LogP contribution in [0.2, 0.25) is 0 Å². The number of benzene rings is 1. The van der Waals surface area contributed by atoms with Gasteiger partial charge in [-0.05, 0) is 17.7 Å². The maximum Gasteiger partial charge on any atom is 0.342 e. The molecular weight excluding hydrogens is 241 g/mol. The van der Waals surface area contributed by atoms with E-state index in [-0.39, 0.29) is 11.6 Å². The van der Waals surface area contributed by atoms with E-state index in [1.165, 1.54) is 30.5 Å². The largest absolute Gasteiger partial charge is 0.342 e. The number of hydrogen-bond acceptors (Lipinski definition) is 5. The fourth-order valence-electron chi connectivity index (χ4n) is 1.14. The van der Waals surface area contributed by atoms with E-state index in [0.29, 0.717) is 5.56 Å². The molecule has 8 heteroatoms. The first-order chi connectivity index (χ1) is 8.65. The fourth-order valence-corrected chi connectivity index (χ4v) is 1.14. The number of hydrazone groups is 1. The predicted octanol–water partition coefficient (Wildman–Crippen LogP) is 0.0433. The summed E-state index contributed by atoms with van der Waals surface area (Å²) in [5.74, 6) is -0.494. The van der Waals surface area contributed by atoms with Crippen LogP contribution in [0.1, 0.15) is 5.56 Å². The Morgan fingerprint density at radius 3 is 2.67 bits per heavy atom.